The van der Waals surface area contributed by atoms with Gasteiger partial charge >= 0.3 is 0 Å². The van der Waals surface area contributed by atoms with Gasteiger partial charge in [-0.3, -0.25) is 4.79 Å². The highest BCUT2D eigenvalue weighted by atomic mass is 32.2. The van der Waals surface area contributed by atoms with Crippen LogP contribution in [-0.4, -0.2) is 30.9 Å². The minimum absolute atomic E-state index is 0.0342. The van der Waals surface area contributed by atoms with Crippen molar-refractivity contribution in [2.24, 2.45) is 5.14 Å². The van der Waals surface area contributed by atoms with Crippen LogP contribution < -0.4 is 5.14 Å². The topological polar surface area (TPSA) is 106 Å². The summed E-state index contributed by atoms with van der Waals surface area (Å²) in [5.41, 5.74) is 0.712. The third-order valence-electron chi connectivity index (χ3n) is 3.43. The van der Waals surface area contributed by atoms with Crippen molar-refractivity contribution < 1.29 is 17.7 Å². The number of nitrogens with zero attached hydrogens (tertiary/aromatic N) is 2. The van der Waals surface area contributed by atoms with E-state index in [2.05, 4.69) is 5.16 Å². The standard InChI is InChI=1S/C12H13N3O4S2/c13-21(17,18)8-6-11(20-7-8)12(16)15-4-1-2-10(15)9-3-5-19-14-9/h3,5-7,10H,1-2,4H2,(H2,13,17,18)/t10-/m1/s1. The molecule has 1 amide bonds. The lowest BCUT2D eigenvalue weighted by molar-refractivity contribution is 0.0735. The fourth-order valence-electron chi connectivity index (χ4n) is 2.43. The second-order valence-electron chi connectivity index (χ2n) is 4.77. The Balaban J connectivity index is 1.86. The lowest BCUT2D eigenvalue weighted by Crippen LogP contribution is -2.30. The molecule has 1 fully saturated rings. The normalized spacial score (nSPS) is 19.1. The van der Waals surface area contributed by atoms with Crippen molar-refractivity contribution >= 4 is 27.3 Å². The molecular formula is C12H13N3O4S2. The van der Waals surface area contributed by atoms with E-state index in [-0.39, 0.29) is 16.8 Å². The lowest BCUT2D eigenvalue weighted by Gasteiger charge is -2.22. The van der Waals surface area contributed by atoms with E-state index < -0.39 is 10.0 Å². The van der Waals surface area contributed by atoms with Crippen molar-refractivity contribution in [1.82, 2.24) is 10.1 Å². The van der Waals surface area contributed by atoms with Crippen LogP contribution in [0.4, 0.5) is 0 Å². The van der Waals surface area contributed by atoms with Crippen molar-refractivity contribution in [3.63, 3.8) is 0 Å². The molecule has 0 aromatic carbocycles. The first-order valence-electron chi connectivity index (χ1n) is 6.29. The zero-order chi connectivity index (χ0) is 15.0. The predicted octanol–water partition coefficient (Wildman–Crippen LogP) is 1.36. The Morgan fingerprint density at radius 3 is 2.95 bits per heavy atom. The minimum atomic E-state index is -3.78. The largest absolute Gasteiger partial charge is 0.364 e. The maximum atomic E-state index is 12.5. The zero-order valence-electron chi connectivity index (χ0n) is 10.9. The van der Waals surface area contributed by atoms with Crippen molar-refractivity contribution in [3.8, 4) is 0 Å². The molecule has 0 bridgehead atoms. The number of sulfonamides is 1. The molecule has 1 aliphatic rings. The van der Waals surface area contributed by atoms with Gasteiger partial charge in [0.05, 0.1) is 15.8 Å². The quantitative estimate of drug-likeness (QED) is 0.916. The van der Waals surface area contributed by atoms with Gasteiger partial charge in [-0.1, -0.05) is 5.16 Å². The van der Waals surface area contributed by atoms with Gasteiger partial charge in [-0.2, -0.15) is 0 Å². The number of aromatic nitrogens is 1. The number of rotatable bonds is 3. The van der Waals surface area contributed by atoms with E-state index in [0.717, 1.165) is 24.2 Å². The van der Waals surface area contributed by atoms with E-state index in [1.165, 1.54) is 17.7 Å². The third kappa shape index (κ3) is 2.71. The predicted molar refractivity (Wildman–Crippen MR) is 75.2 cm³/mol. The van der Waals surface area contributed by atoms with Crippen LogP contribution in [-0.2, 0) is 10.0 Å². The first-order chi connectivity index (χ1) is 9.97. The Kier molecular flexibility index (Phi) is 3.56. The Hall–Kier alpha value is -1.71. The summed E-state index contributed by atoms with van der Waals surface area (Å²) in [5, 5.41) is 10.3. The van der Waals surface area contributed by atoms with Crippen LogP contribution in [0.25, 0.3) is 0 Å². The fourth-order valence-corrected chi connectivity index (χ4v) is 4.19. The summed E-state index contributed by atoms with van der Waals surface area (Å²) in [7, 11) is -3.78. The van der Waals surface area contributed by atoms with E-state index >= 15 is 0 Å². The number of primary sulfonamides is 1. The van der Waals surface area contributed by atoms with Crippen LogP contribution >= 0.6 is 11.3 Å². The minimum Gasteiger partial charge on any atom is -0.364 e. The van der Waals surface area contributed by atoms with E-state index in [1.54, 1.807) is 11.0 Å². The number of hydrogen-bond donors (Lipinski definition) is 1. The molecule has 2 N–H and O–H groups in total. The first-order valence-corrected chi connectivity index (χ1v) is 8.72. The average molecular weight is 327 g/mol. The van der Waals surface area contributed by atoms with Gasteiger partial charge in [0.15, 0.2) is 0 Å². The molecule has 0 spiro atoms. The molecule has 0 saturated carbocycles. The molecule has 9 heteroatoms. The Bertz CT molecular complexity index is 751. The molecule has 7 nitrogen and oxygen atoms in total. The number of nitrogens with two attached hydrogens (primary N) is 1. The van der Waals surface area contributed by atoms with Crippen LogP contribution in [0.5, 0.6) is 0 Å². The number of carbonyl (C=O) groups is 1. The Labute approximate surface area is 125 Å². The molecular weight excluding hydrogens is 314 g/mol. The van der Waals surface area contributed by atoms with E-state index in [4.69, 9.17) is 9.66 Å². The molecule has 2 aromatic rings. The van der Waals surface area contributed by atoms with Gasteiger partial charge < -0.3 is 9.42 Å². The molecule has 21 heavy (non-hydrogen) atoms. The Morgan fingerprint density at radius 1 is 1.52 bits per heavy atom. The highest BCUT2D eigenvalue weighted by Crippen LogP contribution is 2.33. The summed E-state index contributed by atoms with van der Waals surface area (Å²) >= 11 is 1.08. The monoisotopic (exact) mass is 327 g/mol. The number of thiophene rings is 1. The third-order valence-corrected chi connectivity index (χ3v) is 5.39. The molecule has 3 heterocycles. The summed E-state index contributed by atoms with van der Waals surface area (Å²) in [6, 6.07) is 2.93. The van der Waals surface area contributed by atoms with Gasteiger partial charge in [-0.05, 0) is 18.9 Å². The number of carbonyl (C=O) groups excluding carboxylic acids is 1. The van der Waals surface area contributed by atoms with Gasteiger partial charge in [-0.25, -0.2) is 13.6 Å². The van der Waals surface area contributed by atoms with Crippen LogP contribution in [0.15, 0.2) is 33.2 Å². The second-order valence-corrected chi connectivity index (χ2v) is 7.25. The maximum absolute atomic E-state index is 12.5. The van der Waals surface area contributed by atoms with Crippen LogP contribution in [0.3, 0.4) is 0 Å². The highest BCUT2D eigenvalue weighted by Gasteiger charge is 2.33. The van der Waals surface area contributed by atoms with Gasteiger partial charge in [0.2, 0.25) is 10.0 Å². The maximum Gasteiger partial charge on any atom is 0.264 e. The van der Waals surface area contributed by atoms with Crippen molar-refractivity contribution in [3.05, 3.63) is 34.3 Å². The first kappa shape index (κ1) is 14.2. The van der Waals surface area contributed by atoms with E-state index in [0.29, 0.717) is 17.1 Å². The van der Waals surface area contributed by atoms with Gasteiger partial charge in [0, 0.05) is 18.0 Å². The lowest BCUT2D eigenvalue weighted by atomic mass is 10.1. The van der Waals surface area contributed by atoms with Crippen LogP contribution in [0.2, 0.25) is 0 Å². The molecule has 0 unspecified atom stereocenters. The molecule has 0 radical (unpaired) electrons. The van der Waals surface area contributed by atoms with Gasteiger partial charge in [-0.15, -0.1) is 11.3 Å². The molecule has 3 rings (SSSR count). The van der Waals surface area contributed by atoms with Gasteiger partial charge in [0.1, 0.15) is 12.0 Å². The summed E-state index contributed by atoms with van der Waals surface area (Å²) < 4.78 is 27.4. The average Bonchev–Trinajstić information content (AvgIpc) is 3.16. The number of likely N-dealkylation sites (tertiary alicyclic amines) is 1. The SMILES string of the molecule is NS(=O)(=O)c1csc(C(=O)N2CCC[C@@H]2c2ccon2)c1. The second kappa shape index (κ2) is 5.24. The van der Waals surface area contributed by atoms with E-state index in [1.807, 2.05) is 0 Å². The fraction of sp³-hybridized carbons (Fsp3) is 0.333. The Morgan fingerprint density at radius 2 is 2.33 bits per heavy atom. The van der Waals surface area contributed by atoms with Crippen LogP contribution in [0, 0.1) is 0 Å². The van der Waals surface area contributed by atoms with Crippen molar-refractivity contribution in [2.45, 2.75) is 23.8 Å². The zero-order valence-corrected chi connectivity index (χ0v) is 12.6. The molecule has 2 aromatic heterocycles. The summed E-state index contributed by atoms with van der Waals surface area (Å²) in [6.07, 6.45) is 3.16. The van der Waals surface area contributed by atoms with Crippen molar-refractivity contribution in [1.29, 1.82) is 0 Å². The highest BCUT2D eigenvalue weighted by molar-refractivity contribution is 7.89. The van der Waals surface area contributed by atoms with Crippen molar-refractivity contribution in [2.75, 3.05) is 6.54 Å². The summed E-state index contributed by atoms with van der Waals surface area (Å²) in [5.74, 6) is -0.208. The molecule has 1 saturated heterocycles. The summed E-state index contributed by atoms with van der Waals surface area (Å²) in [6.45, 7) is 0.610. The number of amides is 1. The van der Waals surface area contributed by atoms with Crippen LogP contribution in [0.1, 0.15) is 34.2 Å². The van der Waals surface area contributed by atoms with E-state index in [9.17, 15) is 13.2 Å². The summed E-state index contributed by atoms with van der Waals surface area (Å²) in [4.78, 5) is 14.5. The number of hydrogen-bond acceptors (Lipinski definition) is 6. The van der Waals surface area contributed by atoms with Gasteiger partial charge in [0.25, 0.3) is 5.91 Å². The molecule has 112 valence electrons. The molecule has 1 atom stereocenters. The molecule has 1 aliphatic heterocycles. The smallest absolute Gasteiger partial charge is 0.264 e. The molecule has 0 aliphatic carbocycles.